The van der Waals surface area contributed by atoms with E-state index in [-0.39, 0.29) is 10.5 Å². The summed E-state index contributed by atoms with van der Waals surface area (Å²) in [6.07, 6.45) is 1.01. The average Bonchev–Trinajstić information content (AvgIpc) is 2.53. The molecular weight excluding hydrogens is 344 g/mol. The van der Waals surface area contributed by atoms with Gasteiger partial charge < -0.3 is 10.4 Å². The van der Waals surface area contributed by atoms with Gasteiger partial charge in [0.1, 0.15) is 6.04 Å². The molecule has 0 radical (unpaired) electrons. The van der Waals surface area contributed by atoms with Crippen molar-refractivity contribution in [1.29, 1.82) is 0 Å². The summed E-state index contributed by atoms with van der Waals surface area (Å²) in [5.41, 5.74) is 0.215. The molecule has 25 heavy (non-hydrogen) atoms. The largest absolute Gasteiger partial charge is 0.480 e. The molecule has 8 heteroatoms. The van der Waals surface area contributed by atoms with Gasteiger partial charge in [-0.1, -0.05) is 13.8 Å². The van der Waals surface area contributed by atoms with Crippen LogP contribution < -0.4 is 5.32 Å². The highest BCUT2D eigenvalue weighted by molar-refractivity contribution is 7.89. The molecule has 1 heterocycles. The fourth-order valence-electron chi connectivity index (χ4n) is 3.07. The number of hydrogen-bond acceptors (Lipinski definition) is 4. The SMILES string of the molecule is CC1CC(C)CN(S(=O)(=O)c2ccc(C(=O)N[C@@H](C)C(=O)O)cc2)C1. The van der Waals surface area contributed by atoms with Crippen LogP contribution in [-0.2, 0) is 14.8 Å². The second kappa shape index (κ2) is 7.53. The molecule has 0 bridgehead atoms. The zero-order valence-electron chi connectivity index (χ0n) is 14.6. The van der Waals surface area contributed by atoms with Crippen molar-refractivity contribution in [2.75, 3.05) is 13.1 Å². The van der Waals surface area contributed by atoms with Crippen molar-refractivity contribution in [2.45, 2.75) is 38.1 Å². The lowest BCUT2D eigenvalue weighted by molar-refractivity contribution is -0.138. The Bertz CT molecular complexity index is 735. The van der Waals surface area contributed by atoms with Gasteiger partial charge in [0, 0.05) is 18.7 Å². The Hall–Kier alpha value is -1.93. The van der Waals surface area contributed by atoms with E-state index in [1.807, 2.05) is 13.8 Å². The van der Waals surface area contributed by atoms with Crippen molar-refractivity contribution in [2.24, 2.45) is 11.8 Å². The van der Waals surface area contributed by atoms with E-state index >= 15 is 0 Å². The Morgan fingerprint density at radius 2 is 1.68 bits per heavy atom. The van der Waals surface area contributed by atoms with E-state index in [0.29, 0.717) is 24.9 Å². The maximum absolute atomic E-state index is 12.8. The standard InChI is InChI=1S/C17H24N2O5S/c1-11-8-12(2)10-19(9-11)25(23,24)15-6-4-14(5-7-15)16(20)18-13(3)17(21)22/h4-7,11-13H,8-10H2,1-3H3,(H,18,20)(H,21,22)/t11?,12?,13-/m0/s1. The number of benzene rings is 1. The van der Waals surface area contributed by atoms with Crippen LogP contribution in [0.5, 0.6) is 0 Å². The minimum Gasteiger partial charge on any atom is -0.480 e. The molecule has 7 nitrogen and oxygen atoms in total. The zero-order valence-corrected chi connectivity index (χ0v) is 15.4. The van der Waals surface area contributed by atoms with Gasteiger partial charge in [0.25, 0.3) is 5.91 Å². The van der Waals surface area contributed by atoms with Gasteiger partial charge >= 0.3 is 5.97 Å². The third kappa shape index (κ3) is 4.58. The minimum absolute atomic E-state index is 0.136. The number of hydrogen-bond donors (Lipinski definition) is 2. The summed E-state index contributed by atoms with van der Waals surface area (Å²) >= 11 is 0. The monoisotopic (exact) mass is 368 g/mol. The van der Waals surface area contributed by atoms with Crippen LogP contribution in [0.2, 0.25) is 0 Å². The number of carboxylic acid groups (broad SMARTS) is 1. The Morgan fingerprint density at radius 3 is 2.16 bits per heavy atom. The van der Waals surface area contributed by atoms with E-state index in [9.17, 15) is 18.0 Å². The van der Waals surface area contributed by atoms with Crippen molar-refractivity contribution in [3.8, 4) is 0 Å². The highest BCUT2D eigenvalue weighted by Crippen LogP contribution is 2.26. The maximum Gasteiger partial charge on any atom is 0.325 e. The van der Waals surface area contributed by atoms with Gasteiger partial charge in [0.15, 0.2) is 0 Å². The molecule has 1 aliphatic heterocycles. The van der Waals surface area contributed by atoms with Gasteiger partial charge in [-0.25, -0.2) is 8.42 Å². The fraction of sp³-hybridized carbons (Fsp3) is 0.529. The van der Waals surface area contributed by atoms with Crippen molar-refractivity contribution in [3.05, 3.63) is 29.8 Å². The number of nitrogens with zero attached hydrogens (tertiary/aromatic N) is 1. The van der Waals surface area contributed by atoms with E-state index in [2.05, 4.69) is 5.32 Å². The van der Waals surface area contributed by atoms with E-state index in [1.165, 1.54) is 35.5 Å². The third-order valence-electron chi connectivity index (χ3n) is 4.31. The van der Waals surface area contributed by atoms with Gasteiger partial charge in [0.2, 0.25) is 10.0 Å². The highest BCUT2D eigenvalue weighted by atomic mass is 32.2. The van der Waals surface area contributed by atoms with Crippen LogP contribution in [0.3, 0.4) is 0 Å². The second-order valence-electron chi connectivity index (χ2n) is 6.83. The van der Waals surface area contributed by atoms with Crippen LogP contribution in [0.25, 0.3) is 0 Å². The van der Waals surface area contributed by atoms with Crippen molar-refractivity contribution >= 4 is 21.9 Å². The van der Waals surface area contributed by atoms with E-state index in [4.69, 9.17) is 5.11 Å². The molecule has 0 spiro atoms. The molecule has 0 aliphatic carbocycles. The summed E-state index contributed by atoms with van der Waals surface area (Å²) in [5, 5.41) is 11.1. The summed E-state index contributed by atoms with van der Waals surface area (Å²) in [4.78, 5) is 22.9. The lowest BCUT2D eigenvalue weighted by atomic mass is 9.94. The number of carbonyl (C=O) groups is 2. The summed E-state index contributed by atoms with van der Waals surface area (Å²) in [6, 6.07) is 4.55. The molecule has 2 N–H and O–H groups in total. The van der Waals surface area contributed by atoms with Crippen LogP contribution in [0, 0.1) is 11.8 Å². The number of carbonyl (C=O) groups excluding carboxylic acids is 1. The Balaban J connectivity index is 2.15. The normalized spacial score (nSPS) is 23.0. The van der Waals surface area contributed by atoms with E-state index < -0.39 is 27.9 Å². The van der Waals surface area contributed by atoms with Crippen LogP contribution in [-0.4, -0.2) is 48.8 Å². The average molecular weight is 368 g/mol. The van der Waals surface area contributed by atoms with Gasteiger partial charge in [-0.2, -0.15) is 4.31 Å². The van der Waals surface area contributed by atoms with E-state index in [1.54, 1.807) is 0 Å². The predicted molar refractivity (Wildman–Crippen MR) is 92.7 cm³/mol. The third-order valence-corrected chi connectivity index (χ3v) is 6.15. The first kappa shape index (κ1) is 19.4. The number of rotatable bonds is 5. The molecule has 0 saturated carbocycles. The summed E-state index contributed by atoms with van der Waals surface area (Å²) < 4.78 is 27.0. The lowest BCUT2D eigenvalue weighted by Gasteiger charge is -2.34. The maximum atomic E-state index is 12.8. The summed E-state index contributed by atoms with van der Waals surface area (Å²) in [5.74, 6) is -1.08. The number of piperidine rings is 1. The second-order valence-corrected chi connectivity index (χ2v) is 8.76. The number of amides is 1. The molecule has 1 amide bonds. The molecule has 1 saturated heterocycles. The predicted octanol–water partition coefficient (Wildman–Crippen LogP) is 1.56. The molecule has 2 unspecified atom stereocenters. The fourth-order valence-corrected chi connectivity index (χ4v) is 4.75. The van der Waals surface area contributed by atoms with Crippen LogP contribution in [0.4, 0.5) is 0 Å². The van der Waals surface area contributed by atoms with Crippen LogP contribution >= 0.6 is 0 Å². The van der Waals surface area contributed by atoms with Crippen molar-refractivity contribution in [1.82, 2.24) is 9.62 Å². The zero-order chi connectivity index (χ0) is 18.8. The van der Waals surface area contributed by atoms with Crippen LogP contribution in [0.15, 0.2) is 29.2 Å². The molecule has 1 aromatic carbocycles. The van der Waals surface area contributed by atoms with Gasteiger partial charge in [-0.3, -0.25) is 9.59 Å². The van der Waals surface area contributed by atoms with Crippen molar-refractivity contribution in [3.63, 3.8) is 0 Å². The Kier molecular flexibility index (Phi) is 5.84. The lowest BCUT2D eigenvalue weighted by Crippen LogP contribution is -2.42. The van der Waals surface area contributed by atoms with Gasteiger partial charge in [0.05, 0.1) is 4.90 Å². The molecule has 0 aromatic heterocycles. The Labute approximate surface area is 148 Å². The van der Waals surface area contributed by atoms with Gasteiger partial charge in [-0.05, 0) is 49.4 Å². The minimum atomic E-state index is -3.60. The van der Waals surface area contributed by atoms with E-state index in [0.717, 1.165) is 6.42 Å². The molecule has 3 atom stereocenters. The van der Waals surface area contributed by atoms with Crippen molar-refractivity contribution < 1.29 is 23.1 Å². The Morgan fingerprint density at radius 1 is 1.16 bits per heavy atom. The highest BCUT2D eigenvalue weighted by Gasteiger charge is 2.31. The molecule has 1 aliphatic rings. The number of sulfonamides is 1. The van der Waals surface area contributed by atoms with Gasteiger partial charge in [-0.15, -0.1) is 0 Å². The summed E-state index contributed by atoms with van der Waals surface area (Å²) in [6.45, 7) is 6.41. The number of carboxylic acids is 1. The topological polar surface area (TPSA) is 104 Å². The molecule has 2 rings (SSSR count). The first-order valence-corrected chi connectivity index (χ1v) is 9.69. The smallest absolute Gasteiger partial charge is 0.325 e. The molecular formula is C17H24N2O5S. The number of nitrogens with one attached hydrogen (secondary N) is 1. The summed E-state index contributed by atoms with van der Waals surface area (Å²) in [7, 11) is -3.60. The van der Waals surface area contributed by atoms with Crippen LogP contribution in [0.1, 0.15) is 37.6 Å². The number of aliphatic carboxylic acids is 1. The molecule has 138 valence electrons. The molecule has 1 aromatic rings. The molecule has 1 fully saturated rings. The first-order valence-electron chi connectivity index (χ1n) is 8.25. The quantitative estimate of drug-likeness (QED) is 0.821. The first-order chi connectivity index (χ1) is 11.6.